The Hall–Kier alpha value is -1.61. The van der Waals surface area contributed by atoms with Gasteiger partial charge in [-0.3, -0.25) is 9.69 Å². The summed E-state index contributed by atoms with van der Waals surface area (Å²) in [5.74, 6) is 3.27. The van der Waals surface area contributed by atoms with Crippen molar-refractivity contribution in [2.24, 2.45) is 0 Å². The first-order valence-corrected chi connectivity index (χ1v) is 11.5. The molecule has 1 unspecified atom stereocenters. The number of benzene rings is 1. The highest BCUT2D eigenvalue weighted by atomic mass is 28.3. The third-order valence-corrected chi connectivity index (χ3v) is 4.50. The van der Waals surface area contributed by atoms with E-state index in [-0.39, 0.29) is 6.04 Å². The molecule has 0 saturated carbocycles. The van der Waals surface area contributed by atoms with Crippen LogP contribution in [0.4, 0.5) is 0 Å². The molecule has 1 aliphatic heterocycles. The van der Waals surface area contributed by atoms with Crippen LogP contribution in [0.2, 0.25) is 19.6 Å². The number of rotatable bonds is 5. The molecular formula is C18H25NO3Si. The first-order valence-electron chi connectivity index (χ1n) is 7.97. The number of hydrogen-bond donors (Lipinski definition) is 0. The van der Waals surface area contributed by atoms with Crippen molar-refractivity contribution in [1.29, 1.82) is 0 Å². The second kappa shape index (κ2) is 8.30. The van der Waals surface area contributed by atoms with Crippen LogP contribution in [0.25, 0.3) is 0 Å². The predicted octanol–water partition coefficient (Wildman–Crippen LogP) is 2.29. The quantitative estimate of drug-likeness (QED) is 0.471. The van der Waals surface area contributed by atoms with Gasteiger partial charge in [-0.05, 0) is 17.7 Å². The zero-order chi connectivity index (χ0) is 16.7. The molecule has 4 nitrogen and oxygen atoms in total. The maximum Gasteiger partial charge on any atom is 0.293 e. The number of carbonyl (C=O) groups excluding carboxylic acids is 1. The van der Waals surface area contributed by atoms with E-state index in [2.05, 4.69) is 60.3 Å². The summed E-state index contributed by atoms with van der Waals surface area (Å²) in [7, 11) is -1.34. The van der Waals surface area contributed by atoms with E-state index in [9.17, 15) is 4.79 Å². The third-order valence-electron chi connectivity index (χ3n) is 3.63. The van der Waals surface area contributed by atoms with Gasteiger partial charge in [0.05, 0.1) is 19.3 Å². The minimum Gasteiger partial charge on any atom is -0.466 e. The molecule has 1 fully saturated rings. The number of hydrogen-bond acceptors (Lipinski definition) is 4. The molecule has 0 bridgehead atoms. The molecule has 124 valence electrons. The normalized spacial score (nSPS) is 18.8. The summed E-state index contributed by atoms with van der Waals surface area (Å²) >= 11 is 0. The van der Waals surface area contributed by atoms with E-state index >= 15 is 0 Å². The van der Waals surface area contributed by atoms with Gasteiger partial charge >= 0.3 is 0 Å². The van der Waals surface area contributed by atoms with Gasteiger partial charge < -0.3 is 9.47 Å². The third kappa shape index (κ3) is 6.18. The molecule has 0 amide bonds. The van der Waals surface area contributed by atoms with E-state index < -0.39 is 8.07 Å². The van der Waals surface area contributed by atoms with Gasteiger partial charge in [0.1, 0.15) is 14.7 Å². The largest absolute Gasteiger partial charge is 0.466 e. The number of ether oxygens (including phenoxy) is 2. The lowest BCUT2D eigenvalue weighted by atomic mass is 10.1. The molecule has 0 radical (unpaired) electrons. The first kappa shape index (κ1) is 17.7. The fourth-order valence-electron chi connectivity index (χ4n) is 2.39. The van der Waals surface area contributed by atoms with Crippen LogP contribution in [0.5, 0.6) is 0 Å². The average molecular weight is 331 g/mol. The zero-order valence-corrected chi connectivity index (χ0v) is 15.2. The van der Waals surface area contributed by atoms with Crippen molar-refractivity contribution in [2.75, 3.05) is 26.4 Å². The molecule has 0 aromatic heterocycles. The summed E-state index contributed by atoms with van der Waals surface area (Å²) in [6.45, 7) is 10.6. The Kier molecular flexibility index (Phi) is 6.40. The van der Waals surface area contributed by atoms with Gasteiger partial charge in [-0.2, -0.15) is 0 Å². The maximum atomic E-state index is 10.4. The van der Waals surface area contributed by atoms with Crippen LogP contribution in [-0.2, 0) is 20.8 Å². The van der Waals surface area contributed by atoms with E-state index in [1.807, 2.05) is 0 Å². The minimum atomic E-state index is -1.34. The van der Waals surface area contributed by atoms with E-state index in [1.165, 1.54) is 5.56 Å². The lowest BCUT2D eigenvalue weighted by Gasteiger charge is -2.34. The van der Waals surface area contributed by atoms with Crippen molar-refractivity contribution in [2.45, 2.75) is 32.2 Å². The fraction of sp³-hybridized carbons (Fsp3) is 0.500. The lowest BCUT2D eigenvalue weighted by molar-refractivity contribution is -0.132. The number of carbonyl (C=O) groups is 1. The molecule has 1 saturated heterocycles. The Morgan fingerprint density at radius 1 is 1.35 bits per heavy atom. The standard InChI is InChI=1S/C18H25NO3Si/c1-23(2,3)11-8-16-4-6-17(7-5-16)12-19-9-10-21-13-18(19)14-22-15-20/h4-7,15,18H,9-10,12-14H2,1-3H3. The summed E-state index contributed by atoms with van der Waals surface area (Å²) in [5.41, 5.74) is 5.69. The highest BCUT2D eigenvalue weighted by Gasteiger charge is 2.23. The van der Waals surface area contributed by atoms with Gasteiger partial charge in [-0.1, -0.05) is 37.7 Å². The van der Waals surface area contributed by atoms with Crippen molar-refractivity contribution < 1.29 is 14.3 Å². The molecule has 0 N–H and O–H groups in total. The molecule has 1 aromatic rings. The van der Waals surface area contributed by atoms with Crippen LogP contribution in [0.3, 0.4) is 0 Å². The molecule has 5 heteroatoms. The molecule has 0 spiro atoms. The Labute approximate surface area is 139 Å². The smallest absolute Gasteiger partial charge is 0.293 e. The first-order chi connectivity index (χ1) is 11.0. The van der Waals surface area contributed by atoms with Crippen molar-refractivity contribution in [3.05, 3.63) is 35.4 Å². The van der Waals surface area contributed by atoms with Gasteiger partial charge in [0.15, 0.2) is 0 Å². The number of morpholine rings is 1. The summed E-state index contributed by atoms with van der Waals surface area (Å²) < 4.78 is 10.4. The molecular weight excluding hydrogens is 306 g/mol. The van der Waals surface area contributed by atoms with E-state index in [0.717, 1.165) is 25.3 Å². The van der Waals surface area contributed by atoms with Crippen LogP contribution >= 0.6 is 0 Å². The SMILES string of the molecule is C[Si](C)(C)C#Cc1ccc(CN2CCOCC2COC=O)cc1. The Bertz CT molecular complexity index is 569. The second-order valence-electron chi connectivity index (χ2n) is 6.83. The molecule has 1 aromatic carbocycles. The van der Waals surface area contributed by atoms with E-state index in [0.29, 0.717) is 19.7 Å². The summed E-state index contributed by atoms with van der Waals surface area (Å²) in [6, 6.07) is 8.54. The maximum absolute atomic E-state index is 10.4. The van der Waals surface area contributed by atoms with Crippen molar-refractivity contribution in [1.82, 2.24) is 4.90 Å². The van der Waals surface area contributed by atoms with Crippen LogP contribution < -0.4 is 0 Å². The number of nitrogens with zero attached hydrogens (tertiary/aromatic N) is 1. The van der Waals surface area contributed by atoms with Gasteiger partial charge in [0.2, 0.25) is 0 Å². The Balaban J connectivity index is 1.98. The highest BCUT2D eigenvalue weighted by molar-refractivity contribution is 6.83. The average Bonchev–Trinajstić information content (AvgIpc) is 2.53. The molecule has 0 aliphatic carbocycles. The molecule has 23 heavy (non-hydrogen) atoms. The highest BCUT2D eigenvalue weighted by Crippen LogP contribution is 2.13. The molecule has 1 heterocycles. The van der Waals surface area contributed by atoms with Crippen LogP contribution in [0.1, 0.15) is 11.1 Å². The van der Waals surface area contributed by atoms with Gasteiger partial charge in [-0.25, -0.2) is 0 Å². The lowest BCUT2D eigenvalue weighted by Crippen LogP contribution is -2.47. The Morgan fingerprint density at radius 3 is 2.74 bits per heavy atom. The summed E-state index contributed by atoms with van der Waals surface area (Å²) in [5, 5.41) is 0. The predicted molar refractivity (Wildman–Crippen MR) is 93.7 cm³/mol. The van der Waals surface area contributed by atoms with Crippen molar-refractivity contribution in [3.63, 3.8) is 0 Å². The van der Waals surface area contributed by atoms with Crippen molar-refractivity contribution in [3.8, 4) is 11.5 Å². The van der Waals surface area contributed by atoms with Gasteiger partial charge in [0.25, 0.3) is 6.47 Å². The van der Waals surface area contributed by atoms with Crippen molar-refractivity contribution >= 4 is 14.5 Å². The summed E-state index contributed by atoms with van der Waals surface area (Å²) in [4.78, 5) is 12.7. The van der Waals surface area contributed by atoms with E-state index in [4.69, 9.17) is 9.47 Å². The fourth-order valence-corrected chi connectivity index (χ4v) is 2.91. The molecule has 2 rings (SSSR count). The summed E-state index contributed by atoms with van der Waals surface area (Å²) in [6.07, 6.45) is 0. The van der Waals surface area contributed by atoms with E-state index in [1.54, 1.807) is 0 Å². The van der Waals surface area contributed by atoms with Crippen LogP contribution in [0, 0.1) is 11.5 Å². The van der Waals surface area contributed by atoms with Crippen LogP contribution in [-0.4, -0.2) is 51.9 Å². The molecule has 1 aliphatic rings. The van der Waals surface area contributed by atoms with Crippen LogP contribution in [0.15, 0.2) is 24.3 Å². The van der Waals surface area contributed by atoms with Gasteiger partial charge in [0, 0.05) is 18.7 Å². The monoisotopic (exact) mass is 331 g/mol. The zero-order valence-electron chi connectivity index (χ0n) is 14.2. The van der Waals surface area contributed by atoms with Gasteiger partial charge in [-0.15, -0.1) is 5.54 Å². The second-order valence-corrected chi connectivity index (χ2v) is 11.6. The molecule has 1 atom stereocenters. The topological polar surface area (TPSA) is 38.8 Å². The Morgan fingerprint density at radius 2 is 2.09 bits per heavy atom. The minimum absolute atomic E-state index is 0.125.